The molecule has 0 spiro atoms. The van der Waals surface area contributed by atoms with Gasteiger partial charge in [-0.25, -0.2) is 9.97 Å². The fourth-order valence-electron chi connectivity index (χ4n) is 2.82. The van der Waals surface area contributed by atoms with Crippen molar-refractivity contribution in [1.82, 2.24) is 15.3 Å². The lowest BCUT2D eigenvalue weighted by molar-refractivity contribution is -0.148. The molecule has 1 amide bonds. The van der Waals surface area contributed by atoms with E-state index in [0.717, 1.165) is 34.9 Å². The number of hydrogen-bond acceptors (Lipinski definition) is 6. The molecule has 0 fully saturated rings. The summed E-state index contributed by atoms with van der Waals surface area (Å²) < 4.78 is 5.07. The lowest BCUT2D eigenvalue weighted by Gasteiger charge is -2.10. The van der Waals surface area contributed by atoms with E-state index < -0.39 is 5.97 Å². The molecule has 1 N–H and O–H groups in total. The summed E-state index contributed by atoms with van der Waals surface area (Å²) in [5, 5.41) is 3.50. The van der Waals surface area contributed by atoms with Crippen LogP contribution in [0.5, 0.6) is 0 Å². The lowest BCUT2D eigenvalue weighted by atomic mass is 10.1. The van der Waals surface area contributed by atoms with Gasteiger partial charge in [0, 0.05) is 24.4 Å². The van der Waals surface area contributed by atoms with Crippen LogP contribution in [0.4, 0.5) is 0 Å². The van der Waals surface area contributed by atoms with Crippen molar-refractivity contribution in [2.45, 2.75) is 44.7 Å². The molecule has 0 aliphatic heterocycles. The molecule has 0 unspecified atom stereocenters. The highest BCUT2D eigenvalue weighted by atomic mass is 32.2. The largest absolute Gasteiger partial charge is 0.456 e. The van der Waals surface area contributed by atoms with Gasteiger partial charge in [-0.15, -0.1) is 0 Å². The third kappa shape index (κ3) is 7.31. The molecule has 0 bridgehead atoms. The molecule has 0 aliphatic carbocycles. The minimum absolute atomic E-state index is 0.199. The predicted octanol–water partition coefficient (Wildman–Crippen LogP) is 3.04. The van der Waals surface area contributed by atoms with Crippen molar-refractivity contribution in [3.63, 3.8) is 0 Å². The Balaban J connectivity index is 1.65. The SMILES string of the molecule is CSc1nc(C)c(CCC(=O)OCC(=O)NCCCc2ccccc2)c(C)n1. The van der Waals surface area contributed by atoms with Crippen LogP contribution in [-0.4, -0.2) is 41.3 Å². The quantitative estimate of drug-likeness (QED) is 0.285. The summed E-state index contributed by atoms with van der Waals surface area (Å²) in [4.78, 5) is 32.5. The number of nitrogens with one attached hydrogen (secondary N) is 1. The van der Waals surface area contributed by atoms with E-state index in [1.807, 2.05) is 38.3 Å². The van der Waals surface area contributed by atoms with Crippen molar-refractivity contribution in [1.29, 1.82) is 0 Å². The van der Waals surface area contributed by atoms with Crippen molar-refractivity contribution in [2.75, 3.05) is 19.4 Å². The number of rotatable bonds is 10. The van der Waals surface area contributed by atoms with Crippen molar-refractivity contribution < 1.29 is 14.3 Å². The van der Waals surface area contributed by atoms with Gasteiger partial charge in [0.1, 0.15) is 0 Å². The number of thioether (sulfide) groups is 1. The second kappa shape index (κ2) is 11.4. The molecule has 0 saturated carbocycles. The van der Waals surface area contributed by atoms with Crippen LogP contribution in [0.2, 0.25) is 0 Å². The molecule has 150 valence electrons. The maximum absolute atomic E-state index is 11.9. The van der Waals surface area contributed by atoms with E-state index in [0.29, 0.717) is 13.0 Å². The van der Waals surface area contributed by atoms with Crippen molar-refractivity contribution >= 4 is 23.6 Å². The summed E-state index contributed by atoms with van der Waals surface area (Å²) in [7, 11) is 0. The first kappa shape index (κ1) is 21.9. The Bertz CT molecular complexity index is 774. The van der Waals surface area contributed by atoms with Gasteiger partial charge in [-0.3, -0.25) is 9.59 Å². The molecular formula is C21H27N3O3S. The molecule has 28 heavy (non-hydrogen) atoms. The summed E-state index contributed by atoms with van der Waals surface area (Å²) in [6.07, 6.45) is 4.37. The summed E-state index contributed by atoms with van der Waals surface area (Å²) in [5.74, 6) is -0.673. The van der Waals surface area contributed by atoms with Crippen LogP contribution in [0.15, 0.2) is 35.5 Å². The number of benzene rings is 1. The van der Waals surface area contributed by atoms with Crippen LogP contribution in [0.1, 0.15) is 35.4 Å². The predicted molar refractivity (Wildman–Crippen MR) is 110 cm³/mol. The van der Waals surface area contributed by atoms with Crippen LogP contribution in [0.3, 0.4) is 0 Å². The normalized spacial score (nSPS) is 10.5. The fraction of sp³-hybridized carbons (Fsp3) is 0.429. The molecule has 0 saturated heterocycles. The number of nitrogens with zero attached hydrogens (tertiary/aromatic N) is 2. The zero-order chi connectivity index (χ0) is 20.4. The van der Waals surface area contributed by atoms with Gasteiger partial charge in [-0.05, 0) is 50.5 Å². The van der Waals surface area contributed by atoms with Crippen molar-refractivity contribution in [3.05, 3.63) is 52.8 Å². The number of hydrogen-bond donors (Lipinski definition) is 1. The van der Waals surface area contributed by atoms with Gasteiger partial charge in [-0.2, -0.15) is 0 Å². The Labute approximate surface area is 170 Å². The summed E-state index contributed by atoms with van der Waals surface area (Å²) in [6, 6.07) is 10.1. The van der Waals surface area contributed by atoms with Gasteiger partial charge in [-0.1, -0.05) is 42.1 Å². The number of carbonyl (C=O) groups excluding carboxylic acids is 2. The lowest BCUT2D eigenvalue weighted by Crippen LogP contribution is -2.29. The van der Waals surface area contributed by atoms with E-state index in [1.165, 1.54) is 17.3 Å². The van der Waals surface area contributed by atoms with Crippen LogP contribution in [0, 0.1) is 13.8 Å². The van der Waals surface area contributed by atoms with Gasteiger partial charge >= 0.3 is 5.97 Å². The van der Waals surface area contributed by atoms with Gasteiger partial charge in [0.05, 0.1) is 0 Å². The van der Waals surface area contributed by atoms with Crippen molar-refractivity contribution in [2.24, 2.45) is 0 Å². The number of aromatic nitrogens is 2. The highest BCUT2D eigenvalue weighted by molar-refractivity contribution is 7.98. The standard InChI is InChI=1S/C21H27N3O3S/c1-15-18(16(2)24-21(23-15)28-3)11-12-20(26)27-14-19(25)22-13-7-10-17-8-5-4-6-9-17/h4-6,8-9H,7,10-14H2,1-3H3,(H,22,25). The van der Waals surface area contributed by atoms with E-state index in [2.05, 4.69) is 27.4 Å². The van der Waals surface area contributed by atoms with Crippen LogP contribution in [-0.2, 0) is 27.2 Å². The first-order chi connectivity index (χ1) is 13.5. The second-order valence-electron chi connectivity index (χ2n) is 6.46. The zero-order valence-electron chi connectivity index (χ0n) is 16.7. The summed E-state index contributed by atoms with van der Waals surface area (Å²) >= 11 is 1.49. The first-order valence-corrected chi connectivity index (χ1v) is 10.6. The van der Waals surface area contributed by atoms with Gasteiger partial charge in [0.2, 0.25) is 0 Å². The van der Waals surface area contributed by atoms with Crippen LogP contribution >= 0.6 is 11.8 Å². The van der Waals surface area contributed by atoms with E-state index in [4.69, 9.17) is 4.74 Å². The van der Waals surface area contributed by atoms with Crippen LogP contribution < -0.4 is 5.32 Å². The smallest absolute Gasteiger partial charge is 0.306 e. The average Bonchev–Trinajstić information content (AvgIpc) is 2.69. The number of carbonyl (C=O) groups is 2. The van der Waals surface area contributed by atoms with E-state index in [9.17, 15) is 9.59 Å². The minimum atomic E-state index is -0.396. The third-order valence-corrected chi connectivity index (χ3v) is 4.88. The number of esters is 1. The average molecular weight is 402 g/mol. The Morgan fingerprint density at radius 1 is 1.07 bits per heavy atom. The second-order valence-corrected chi connectivity index (χ2v) is 7.23. The Morgan fingerprint density at radius 2 is 1.75 bits per heavy atom. The minimum Gasteiger partial charge on any atom is -0.456 e. The van der Waals surface area contributed by atoms with E-state index in [1.54, 1.807) is 0 Å². The topological polar surface area (TPSA) is 81.2 Å². The highest BCUT2D eigenvalue weighted by Crippen LogP contribution is 2.17. The third-order valence-electron chi connectivity index (χ3n) is 4.33. The molecule has 6 nitrogen and oxygen atoms in total. The fourth-order valence-corrected chi connectivity index (χ4v) is 3.28. The molecular weight excluding hydrogens is 374 g/mol. The number of aryl methyl sites for hydroxylation is 3. The molecule has 0 aliphatic rings. The summed E-state index contributed by atoms with van der Waals surface area (Å²) in [6.45, 7) is 4.14. The maximum atomic E-state index is 11.9. The van der Waals surface area contributed by atoms with Gasteiger partial charge < -0.3 is 10.1 Å². The molecule has 0 radical (unpaired) electrons. The molecule has 1 aromatic carbocycles. The Kier molecular flexibility index (Phi) is 8.94. The summed E-state index contributed by atoms with van der Waals surface area (Å²) in [5.41, 5.74) is 3.95. The van der Waals surface area contributed by atoms with Crippen LogP contribution in [0.25, 0.3) is 0 Å². The Hall–Kier alpha value is -2.41. The molecule has 7 heteroatoms. The van der Waals surface area contributed by atoms with Gasteiger partial charge in [0.25, 0.3) is 5.91 Å². The van der Waals surface area contributed by atoms with E-state index >= 15 is 0 Å². The number of amides is 1. The van der Waals surface area contributed by atoms with Gasteiger partial charge in [0.15, 0.2) is 11.8 Å². The van der Waals surface area contributed by atoms with Crippen molar-refractivity contribution in [3.8, 4) is 0 Å². The zero-order valence-corrected chi connectivity index (χ0v) is 17.5. The number of ether oxygens (including phenoxy) is 1. The monoisotopic (exact) mass is 401 g/mol. The first-order valence-electron chi connectivity index (χ1n) is 9.34. The molecule has 0 atom stereocenters. The highest BCUT2D eigenvalue weighted by Gasteiger charge is 2.12. The Morgan fingerprint density at radius 3 is 2.39 bits per heavy atom. The van der Waals surface area contributed by atoms with E-state index in [-0.39, 0.29) is 18.9 Å². The molecule has 2 rings (SSSR count). The molecule has 1 aromatic heterocycles. The molecule has 2 aromatic rings. The maximum Gasteiger partial charge on any atom is 0.306 e. The molecule has 1 heterocycles.